The smallest absolute Gasteiger partial charge is 0.260 e. The molecule has 0 spiro atoms. The van der Waals surface area contributed by atoms with Crippen LogP contribution in [-0.2, 0) is 14.6 Å². The zero-order chi connectivity index (χ0) is 14.8. The van der Waals surface area contributed by atoms with Gasteiger partial charge in [-0.1, -0.05) is 19.1 Å². The van der Waals surface area contributed by atoms with Gasteiger partial charge in [0.1, 0.15) is 5.75 Å². The number of nitrogens with zero attached hydrogens (tertiary/aromatic N) is 1. The van der Waals surface area contributed by atoms with Crippen molar-refractivity contribution < 1.29 is 17.9 Å². The van der Waals surface area contributed by atoms with Crippen LogP contribution in [0.2, 0.25) is 0 Å². The predicted molar refractivity (Wildman–Crippen MR) is 76.5 cm³/mol. The van der Waals surface area contributed by atoms with Crippen molar-refractivity contribution in [3.63, 3.8) is 0 Å². The van der Waals surface area contributed by atoms with Crippen LogP contribution < -0.4 is 4.74 Å². The molecule has 6 heteroatoms. The summed E-state index contributed by atoms with van der Waals surface area (Å²) in [5, 5.41) is -0.407. The Bertz CT molecular complexity index is 591. The number of rotatable bonds is 5. The number of benzene rings is 1. The van der Waals surface area contributed by atoms with Crippen LogP contribution in [-0.4, -0.2) is 49.9 Å². The van der Waals surface area contributed by atoms with Gasteiger partial charge in [0.2, 0.25) is 0 Å². The summed E-state index contributed by atoms with van der Waals surface area (Å²) < 4.78 is 28.6. The third-order valence-corrected chi connectivity index (χ3v) is 5.58. The average Bonchev–Trinajstić information content (AvgIpc) is 2.34. The van der Waals surface area contributed by atoms with Gasteiger partial charge in [-0.05, 0) is 24.6 Å². The van der Waals surface area contributed by atoms with Gasteiger partial charge in [0.25, 0.3) is 5.91 Å². The summed E-state index contributed by atoms with van der Waals surface area (Å²) in [5.74, 6) is 0.602. The Morgan fingerprint density at radius 1 is 1.40 bits per heavy atom. The molecule has 1 aromatic rings. The third-order valence-electron chi connectivity index (χ3n) is 3.46. The highest BCUT2D eigenvalue weighted by atomic mass is 32.2. The molecule has 20 heavy (non-hydrogen) atoms. The van der Waals surface area contributed by atoms with Gasteiger partial charge in [-0.15, -0.1) is 0 Å². The van der Waals surface area contributed by atoms with E-state index in [2.05, 4.69) is 0 Å². The Hall–Kier alpha value is -1.56. The van der Waals surface area contributed by atoms with E-state index in [9.17, 15) is 13.2 Å². The molecule has 0 saturated carbocycles. The summed E-state index contributed by atoms with van der Waals surface area (Å²) in [6.45, 7) is 4.09. The Morgan fingerprint density at radius 2 is 2.10 bits per heavy atom. The summed E-state index contributed by atoms with van der Waals surface area (Å²) in [7, 11) is -3.04. The first kappa shape index (κ1) is 14.8. The summed E-state index contributed by atoms with van der Waals surface area (Å²) in [6.07, 6.45) is 0. The number of carbonyl (C=O) groups is 1. The number of hydrogen-bond acceptors (Lipinski definition) is 4. The first-order valence-corrected chi connectivity index (χ1v) is 8.32. The molecule has 1 aromatic carbocycles. The van der Waals surface area contributed by atoms with Gasteiger partial charge < -0.3 is 9.64 Å². The Morgan fingerprint density at radius 3 is 2.70 bits per heavy atom. The molecule has 5 nitrogen and oxygen atoms in total. The Labute approximate surface area is 119 Å². The van der Waals surface area contributed by atoms with Crippen molar-refractivity contribution in [3.8, 4) is 5.75 Å². The van der Waals surface area contributed by atoms with Crippen molar-refractivity contribution >= 4 is 15.7 Å². The lowest BCUT2D eigenvalue weighted by Crippen LogP contribution is -2.58. The van der Waals surface area contributed by atoms with Crippen LogP contribution in [0.1, 0.15) is 12.5 Å². The average molecular weight is 297 g/mol. The van der Waals surface area contributed by atoms with Crippen molar-refractivity contribution in [2.45, 2.75) is 19.1 Å². The third kappa shape index (κ3) is 3.30. The lowest BCUT2D eigenvalue weighted by molar-refractivity contribution is -0.136. The Kier molecular flexibility index (Phi) is 4.32. The first-order chi connectivity index (χ1) is 9.42. The van der Waals surface area contributed by atoms with E-state index >= 15 is 0 Å². The van der Waals surface area contributed by atoms with E-state index in [1.165, 1.54) is 4.90 Å². The molecular weight excluding hydrogens is 278 g/mol. The fourth-order valence-corrected chi connectivity index (χ4v) is 3.33. The van der Waals surface area contributed by atoms with Gasteiger partial charge >= 0.3 is 0 Å². The van der Waals surface area contributed by atoms with Crippen molar-refractivity contribution in [2.75, 3.05) is 25.4 Å². The summed E-state index contributed by atoms with van der Waals surface area (Å²) in [6, 6.07) is 7.46. The molecule has 2 rings (SSSR count). The standard InChI is InChI=1S/C14H19NO4S/c1-3-20(17,18)13-8-15(9-13)14(16)10-19-12-6-4-5-11(2)7-12/h4-7,13H,3,8-10H2,1-2H3. The van der Waals surface area contributed by atoms with Crippen LogP contribution in [0.4, 0.5) is 0 Å². The molecule has 0 unspecified atom stereocenters. The van der Waals surface area contributed by atoms with Gasteiger partial charge in [-0.25, -0.2) is 8.42 Å². The van der Waals surface area contributed by atoms with E-state index in [1.807, 2.05) is 25.1 Å². The minimum absolute atomic E-state index is 0.0532. The summed E-state index contributed by atoms with van der Waals surface area (Å²) in [4.78, 5) is 13.4. The number of aryl methyl sites for hydroxylation is 1. The van der Waals surface area contributed by atoms with Crippen LogP contribution in [0, 0.1) is 6.92 Å². The molecule has 0 radical (unpaired) electrons. The van der Waals surface area contributed by atoms with E-state index in [1.54, 1.807) is 13.0 Å². The van der Waals surface area contributed by atoms with Gasteiger partial charge in [0.05, 0.1) is 5.25 Å². The molecule has 1 aliphatic rings. The second-order valence-electron chi connectivity index (χ2n) is 4.98. The normalized spacial score (nSPS) is 15.8. The molecule has 1 fully saturated rings. The fourth-order valence-electron chi connectivity index (χ4n) is 2.05. The highest BCUT2D eigenvalue weighted by Gasteiger charge is 2.38. The second-order valence-corrected chi connectivity index (χ2v) is 7.55. The minimum atomic E-state index is -3.04. The van der Waals surface area contributed by atoms with Gasteiger partial charge in [0.15, 0.2) is 16.4 Å². The van der Waals surface area contributed by atoms with E-state index in [4.69, 9.17) is 4.74 Å². The topological polar surface area (TPSA) is 63.7 Å². The zero-order valence-electron chi connectivity index (χ0n) is 11.7. The van der Waals surface area contributed by atoms with E-state index in [0.717, 1.165) is 5.56 Å². The maximum absolute atomic E-state index is 11.9. The molecule has 0 aliphatic carbocycles. The number of sulfone groups is 1. The summed E-state index contributed by atoms with van der Waals surface area (Å²) in [5.41, 5.74) is 1.06. The molecular formula is C14H19NO4S. The SMILES string of the molecule is CCS(=O)(=O)C1CN(C(=O)COc2cccc(C)c2)C1. The number of carbonyl (C=O) groups excluding carboxylic acids is 1. The second kappa shape index (κ2) is 5.83. The number of likely N-dealkylation sites (tertiary alicyclic amines) is 1. The lowest BCUT2D eigenvalue weighted by Gasteiger charge is -2.38. The molecule has 1 heterocycles. The van der Waals surface area contributed by atoms with Gasteiger partial charge in [-0.2, -0.15) is 0 Å². The van der Waals surface area contributed by atoms with Crippen LogP contribution in [0.3, 0.4) is 0 Å². The molecule has 1 amide bonds. The van der Waals surface area contributed by atoms with Crippen LogP contribution in [0.15, 0.2) is 24.3 Å². The molecule has 1 saturated heterocycles. The van der Waals surface area contributed by atoms with E-state index in [0.29, 0.717) is 5.75 Å². The van der Waals surface area contributed by atoms with Crippen molar-refractivity contribution in [1.82, 2.24) is 4.90 Å². The van der Waals surface area contributed by atoms with Crippen molar-refractivity contribution in [1.29, 1.82) is 0 Å². The van der Waals surface area contributed by atoms with Crippen LogP contribution in [0.5, 0.6) is 5.75 Å². The zero-order valence-corrected chi connectivity index (χ0v) is 12.5. The summed E-state index contributed by atoms with van der Waals surface area (Å²) >= 11 is 0. The largest absolute Gasteiger partial charge is 0.484 e. The van der Waals surface area contributed by atoms with Crippen LogP contribution in [0.25, 0.3) is 0 Å². The van der Waals surface area contributed by atoms with Crippen LogP contribution >= 0.6 is 0 Å². The first-order valence-electron chi connectivity index (χ1n) is 6.61. The quantitative estimate of drug-likeness (QED) is 0.814. The number of hydrogen-bond donors (Lipinski definition) is 0. The van der Waals surface area contributed by atoms with Gasteiger partial charge in [-0.3, -0.25) is 4.79 Å². The van der Waals surface area contributed by atoms with Crippen molar-refractivity contribution in [3.05, 3.63) is 29.8 Å². The monoisotopic (exact) mass is 297 g/mol. The fraction of sp³-hybridized carbons (Fsp3) is 0.500. The molecule has 0 aromatic heterocycles. The van der Waals surface area contributed by atoms with E-state index < -0.39 is 15.1 Å². The highest BCUT2D eigenvalue weighted by Crippen LogP contribution is 2.18. The molecule has 0 bridgehead atoms. The maximum Gasteiger partial charge on any atom is 0.260 e. The lowest BCUT2D eigenvalue weighted by atomic mass is 10.2. The van der Waals surface area contributed by atoms with E-state index in [-0.39, 0.29) is 31.4 Å². The predicted octanol–water partition coefficient (Wildman–Crippen LogP) is 1.02. The Balaban J connectivity index is 1.81. The number of ether oxygens (including phenoxy) is 1. The number of amides is 1. The van der Waals surface area contributed by atoms with Gasteiger partial charge in [0, 0.05) is 18.8 Å². The molecule has 0 N–H and O–H groups in total. The maximum atomic E-state index is 11.9. The molecule has 110 valence electrons. The highest BCUT2D eigenvalue weighted by molar-refractivity contribution is 7.92. The molecule has 1 aliphatic heterocycles. The molecule has 0 atom stereocenters. The minimum Gasteiger partial charge on any atom is -0.484 e. The van der Waals surface area contributed by atoms with Crippen molar-refractivity contribution in [2.24, 2.45) is 0 Å².